The number of carbonyl (C=O) groups is 2. The quantitative estimate of drug-likeness (QED) is 0.831. The van der Waals surface area contributed by atoms with E-state index in [1.165, 1.54) is 18.2 Å². The average Bonchev–Trinajstić information content (AvgIpc) is 2.28. The Morgan fingerprint density at radius 3 is 2.18 bits per heavy atom. The molecule has 0 radical (unpaired) electrons. The van der Waals surface area contributed by atoms with Gasteiger partial charge in [-0.25, -0.2) is 9.59 Å². The molecule has 0 fully saturated rings. The minimum absolute atomic E-state index is 0.198. The first kappa shape index (κ1) is 11.1. The van der Waals surface area contributed by atoms with Crippen molar-refractivity contribution >= 4 is 22.7 Å². The Bertz CT molecular complexity index is 629. The highest BCUT2D eigenvalue weighted by atomic mass is 16.4. The number of aromatic carboxylic acids is 2. The first-order valence-corrected chi connectivity index (χ1v) is 5.00. The van der Waals surface area contributed by atoms with Crippen molar-refractivity contribution in [2.75, 3.05) is 0 Å². The summed E-state index contributed by atoms with van der Waals surface area (Å²) in [5.41, 5.74) is 1.16. The van der Waals surface area contributed by atoms with Crippen molar-refractivity contribution in [1.29, 1.82) is 0 Å². The van der Waals surface area contributed by atoms with Gasteiger partial charge in [-0.3, -0.25) is 0 Å². The van der Waals surface area contributed by atoms with E-state index in [1.807, 2.05) is 0 Å². The maximum absolute atomic E-state index is 10.9. The topological polar surface area (TPSA) is 74.6 Å². The van der Waals surface area contributed by atoms with Crippen molar-refractivity contribution in [1.82, 2.24) is 0 Å². The van der Waals surface area contributed by atoms with Crippen LogP contribution in [0.25, 0.3) is 10.8 Å². The molecule has 2 aromatic carbocycles. The molecular weight excluding hydrogens is 220 g/mol. The van der Waals surface area contributed by atoms with E-state index in [-0.39, 0.29) is 11.1 Å². The summed E-state index contributed by atoms with van der Waals surface area (Å²) in [6.07, 6.45) is 0. The van der Waals surface area contributed by atoms with Crippen LogP contribution in [0, 0.1) is 6.92 Å². The van der Waals surface area contributed by atoms with Crippen molar-refractivity contribution in [2.45, 2.75) is 6.92 Å². The van der Waals surface area contributed by atoms with E-state index in [2.05, 4.69) is 0 Å². The summed E-state index contributed by atoms with van der Waals surface area (Å²) in [6.45, 7) is 1.76. The first-order chi connectivity index (χ1) is 7.99. The zero-order valence-electron chi connectivity index (χ0n) is 9.10. The van der Waals surface area contributed by atoms with Crippen molar-refractivity contribution in [3.8, 4) is 0 Å². The fraction of sp³-hybridized carbons (Fsp3) is 0.0769. The molecule has 86 valence electrons. The predicted octanol–water partition coefficient (Wildman–Crippen LogP) is 2.54. The Hall–Kier alpha value is -2.36. The summed E-state index contributed by atoms with van der Waals surface area (Å²) >= 11 is 0. The van der Waals surface area contributed by atoms with Gasteiger partial charge in [0.2, 0.25) is 0 Å². The van der Waals surface area contributed by atoms with Crippen LogP contribution in [0.3, 0.4) is 0 Å². The summed E-state index contributed by atoms with van der Waals surface area (Å²) in [7, 11) is 0. The summed E-state index contributed by atoms with van der Waals surface area (Å²) in [6, 6.07) is 7.72. The second kappa shape index (κ2) is 3.90. The second-order valence-electron chi connectivity index (χ2n) is 3.84. The monoisotopic (exact) mass is 230 g/mol. The van der Waals surface area contributed by atoms with Crippen LogP contribution in [0.5, 0.6) is 0 Å². The number of carboxylic acid groups (broad SMARTS) is 2. The maximum atomic E-state index is 10.9. The van der Waals surface area contributed by atoms with Crippen LogP contribution in [-0.2, 0) is 0 Å². The Morgan fingerprint density at radius 2 is 1.59 bits per heavy atom. The van der Waals surface area contributed by atoms with Gasteiger partial charge in [0.1, 0.15) is 0 Å². The largest absolute Gasteiger partial charge is 0.478 e. The highest BCUT2D eigenvalue weighted by molar-refractivity contribution is 5.99. The number of hydrogen-bond donors (Lipinski definition) is 2. The lowest BCUT2D eigenvalue weighted by atomic mass is 10.00. The molecule has 0 aliphatic rings. The molecule has 0 spiro atoms. The van der Waals surface area contributed by atoms with Crippen LogP contribution in [-0.4, -0.2) is 22.2 Å². The Labute approximate surface area is 97.1 Å². The zero-order valence-corrected chi connectivity index (χ0v) is 9.10. The van der Waals surface area contributed by atoms with Crippen molar-refractivity contribution in [3.05, 3.63) is 47.0 Å². The van der Waals surface area contributed by atoms with Crippen LogP contribution >= 0.6 is 0 Å². The molecular formula is C13H10O4. The van der Waals surface area contributed by atoms with Crippen LogP contribution < -0.4 is 0 Å². The average molecular weight is 230 g/mol. The third-order valence-electron chi connectivity index (χ3n) is 2.66. The van der Waals surface area contributed by atoms with E-state index in [9.17, 15) is 9.59 Å². The minimum atomic E-state index is -0.992. The molecule has 0 saturated carbocycles. The summed E-state index contributed by atoms with van der Waals surface area (Å²) in [4.78, 5) is 21.7. The van der Waals surface area contributed by atoms with Crippen molar-refractivity contribution in [2.24, 2.45) is 0 Å². The first-order valence-electron chi connectivity index (χ1n) is 5.00. The molecule has 2 aromatic rings. The van der Waals surface area contributed by atoms with E-state index >= 15 is 0 Å². The summed E-state index contributed by atoms with van der Waals surface area (Å²) < 4.78 is 0. The molecule has 2 rings (SSSR count). The number of benzene rings is 2. The fourth-order valence-corrected chi connectivity index (χ4v) is 1.80. The van der Waals surface area contributed by atoms with Gasteiger partial charge in [0.05, 0.1) is 11.1 Å². The standard InChI is InChI=1S/C13H10O4/c1-7-4-10(13(16)17)5-8-2-3-9(12(14)15)6-11(7)8/h2-6H,1H3,(H,14,15)(H,16,17). The summed E-state index contributed by atoms with van der Waals surface area (Å²) in [5, 5.41) is 19.3. The minimum Gasteiger partial charge on any atom is -0.478 e. The molecule has 0 bridgehead atoms. The fourth-order valence-electron chi connectivity index (χ4n) is 1.80. The van der Waals surface area contributed by atoms with Gasteiger partial charge in [0.25, 0.3) is 0 Å². The van der Waals surface area contributed by atoms with Gasteiger partial charge in [-0.2, -0.15) is 0 Å². The van der Waals surface area contributed by atoms with Gasteiger partial charge in [-0.15, -0.1) is 0 Å². The van der Waals surface area contributed by atoms with Crippen molar-refractivity contribution in [3.63, 3.8) is 0 Å². The maximum Gasteiger partial charge on any atom is 0.335 e. The van der Waals surface area contributed by atoms with E-state index in [1.54, 1.807) is 19.1 Å². The smallest absolute Gasteiger partial charge is 0.335 e. The molecule has 17 heavy (non-hydrogen) atoms. The number of carboxylic acids is 2. The Morgan fingerprint density at radius 1 is 0.941 bits per heavy atom. The van der Waals surface area contributed by atoms with E-state index in [0.29, 0.717) is 0 Å². The van der Waals surface area contributed by atoms with Crippen molar-refractivity contribution < 1.29 is 19.8 Å². The van der Waals surface area contributed by atoms with E-state index < -0.39 is 11.9 Å². The second-order valence-corrected chi connectivity index (χ2v) is 3.84. The van der Waals surface area contributed by atoms with Gasteiger partial charge < -0.3 is 10.2 Å². The SMILES string of the molecule is Cc1cc(C(=O)O)cc2ccc(C(=O)O)cc12. The molecule has 0 amide bonds. The zero-order chi connectivity index (χ0) is 12.6. The molecule has 0 aliphatic heterocycles. The number of fused-ring (bicyclic) bond motifs is 1. The normalized spacial score (nSPS) is 10.4. The lowest BCUT2D eigenvalue weighted by Gasteiger charge is -2.05. The van der Waals surface area contributed by atoms with Gasteiger partial charge in [-0.1, -0.05) is 6.07 Å². The molecule has 2 N–H and O–H groups in total. The third kappa shape index (κ3) is 1.97. The molecule has 4 heteroatoms. The molecule has 0 aromatic heterocycles. The number of hydrogen-bond acceptors (Lipinski definition) is 2. The molecule has 0 atom stereocenters. The Balaban J connectivity index is 2.72. The van der Waals surface area contributed by atoms with Crippen LogP contribution in [0.2, 0.25) is 0 Å². The van der Waals surface area contributed by atoms with Crippen LogP contribution in [0.15, 0.2) is 30.3 Å². The lowest BCUT2D eigenvalue weighted by Crippen LogP contribution is -1.99. The number of aryl methyl sites for hydroxylation is 1. The molecule has 0 heterocycles. The van der Waals surface area contributed by atoms with Gasteiger partial charge >= 0.3 is 11.9 Å². The molecule has 0 saturated heterocycles. The highest BCUT2D eigenvalue weighted by Crippen LogP contribution is 2.22. The van der Waals surface area contributed by atoms with Crippen LogP contribution in [0.4, 0.5) is 0 Å². The van der Waals surface area contributed by atoms with Gasteiger partial charge in [0.15, 0.2) is 0 Å². The molecule has 0 unspecified atom stereocenters. The molecule has 4 nitrogen and oxygen atoms in total. The lowest BCUT2D eigenvalue weighted by molar-refractivity contribution is 0.0686. The van der Waals surface area contributed by atoms with Gasteiger partial charge in [-0.05, 0) is 47.5 Å². The number of rotatable bonds is 2. The third-order valence-corrected chi connectivity index (χ3v) is 2.66. The molecule has 0 aliphatic carbocycles. The Kier molecular flexibility index (Phi) is 2.55. The van der Waals surface area contributed by atoms with Crippen LogP contribution in [0.1, 0.15) is 26.3 Å². The predicted molar refractivity (Wildman–Crippen MR) is 62.6 cm³/mol. The van der Waals surface area contributed by atoms with E-state index in [4.69, 9.17) is 10.2 Å². The van der Waals surface area contributed by atoms with E-state index in [0.717, 1.165) is 16.3 Å². The summed E-state index contributed by atoms with van der Waals surface area (Å²) in [5.74, 6) is -1.98. The highest BCUT2D eigenvalue weighted by Gasteiger charge is 2.09. The van der Waals surface area contributed by atoms with Gasteiger partial charge in [0, 0.05) is 0 Å².